The van der Waals surface area contributed by atoms with Crippen molar-refractivity contribution in [2.45, 2.75) is 18.6 Å². The maximum Gasteiger partial charge on any atom is 0.306 e. The van der Waals surface area contributed by atoms with Crippen LogP contribution in [0.2, 0.25) is 0 Å². The summed E-state index contributed by atoms with van der Waals surface area (Å²) in [6, 6.07) is 7.23. The minimum absolute atomic E-state index is 0.472. The molecule has 0 aliphatic carbocycles. The quantitative estimate of drug-likeness (QED) is 0.605. The average molecular weight is 280 g/mol. The van der Waals surface area contributed by atoms with Gasteiger partial charge in [0.15, 0.2) is 0 Å². The number of piperazine rings is 1. The van der Waals surface area contributed by atoms with Gasteiger partial charge in [0.05, 0.1) is 12.5 Å². The summed E-state index contributed by atoms with van der Waals surface area (Å²) in [5.41, 5.74) is 1.59. The highest BCUT2D eigenvalue weighted by Gasteiger charge is 2.21. The molecule has 0 bridgehead atoms. The molecule has 6 nitrogen and oxygen atoms in total. The third kappa shape index (κ3) is 3.69. The molecule has 6 heteroatoms. The molecule has 2 rings (SSSR count). The van der Waals surface area contributed by atoms with Gasteiger partial charge in [0, 0.05) is 31.9 Å². The van der Waals surface area contributed by atoms with Crippen molar-refractivity contribution in [2.75, 3.05) is 31.1 Å². The van der Waals surface area contributed by atoms with Crippen molar-refractivity contribution in [3.05, 3.63) is 29.8 Å². The summed E-state index contributed by atoms with van der Waals surface area (Å²) in [7, 11) is 0. The van der Waals surface area contributed by atoms with Crippen molar-refractivity contribution in [3.63, 3.8) is 0 Å². The second-order valence-electron chi connectivity index (χ2n) is 4.94. The molecule has 0 saturated carbocycles. The van der Waals surface area contributed by atoms with Crippen LogP contribution >= 0.6 is 0 Å². The number of benzene rings is 1. The molecule has 1 saturated heterocycles. The van der Waals surface area contributed by atoms with Crippen LogP contribution in [0.25, 0.3) is 0 Å². The van der Waals surface area contributed by atoms with Crippen LogP contribution in [-0.4, -0.2) is 53.6 Å². The molecule has 4 N–H and O–H groups in total. The summed E-state index contributed by atoms with van der Waals surface area (Å²) >= 11 is 0. The number of anilines is 1. The SMILES string of the molecule is O=C(O)CC(O)C(O)c1ccc(N2CCNCC2)cc1. The minimum Gasteiger partial charge on any atom is -0.481 e. The number of nitrogens with zero attached hydrogens (tertiary/aromatic N) is 1. The van der Waals surface area contributed by atoms with Crippen LogP contribution < -0.4 is 10.2 Å². The third-order valence-corrected chi connectivity index (χ3v) is 3.46. The van der Waals surface area contributed by atoms with Gasteiger partial charge >= 0.3 is 5.97 Å². The van der Waals surface area contributed by atoms with Crippen LogP contribution in [0, 0.1) is 0 Å². The van der Waals surface area contributed by atoms with E-state index in [1.54, 1.807) is 12.1 Å². The number of carboxylic acid groups (broad SMARTS) is 1. The second-order valence-corrected chi connectivity index (χ2v) is 4.94. The first-order valence-corrected chi connectivity index (χ1v) is 6.71. The van der Waals surface area contributed by atoms with Gasteiger partial charge in [-0.25, -0.2) is 0 Å². The fourth-order valence-corrected chi connectivity index (χ4v) is 2.32. The number of aliphatic hydroxyl groups excluding tert-OH is 2. The van der Waals surface area contributed by atoms with Crippen molar-refractivity contribution < 1.29 is 20.1 Å². The van der Waals surface area contributed by atoms with Gasteiger partial charge in [-0.05, 0) is 17.7 Å². The van der Waals surface area contributed by atoms with Crippen LogP contribution in [0.3, 0.4) is 0 Å². The minimum atomic E-state index is -1.29. The molecule has 1 fully saturated rings. The zero-order chi connectivity index (χ0) is 14.5. The topological polar surface area (TPSA) is 93.0 Å². The average Bonchev–Trinajstić information content (AvgIpc) is 2.47. The molecular weight excluding hydrogens is 260 g/mol. The van der Waals surface area contributed by atoms with Crippen molar-refractivity contribution in [1.29, 1.82) is 0 Å². The first-order valence-electron chi connectivity index (χ1n) is 6.71. The Morgan fingerprint density at radius 3 is 2.35 bits per heavy atom. The van der Waals surface area contributed by atoms with E-state index < -0.39 is 24.6 Å². The van der Waals surface area contributed by atoms with Crippen LogP contribution in [0.4, 0.5) is 5.69 Å². The molecule has 110 valence electrons. The Kier molecular flexibility index (Phi) is 4.94. The number of rotatable bonds is 5. The highest BCUT2D eigenvalue weighted by atomic mass is 16.4. The maximum atomic E-state index is 10.5. The van der Waals surface area contributed by atoms with Crippen LogP contribution in [0.1, 0.15) is 18.1 Å². The second kappa shape index (κ2) is 6.69. The molecule has 2 atom stereocenters. The van der Waals surface area contributed by atoms with Crippen molar-refractivity contribution in [1.82, 2.24) is 5.32 Å². The molecule has 1 aliphatic rings. The van der Waals surface area contributed by atoms with Crippen LogP contribution in [0.15, 0.2) is 24.3 Å². The zero-order valence-electron chi connectivity index (χ0n) is 11.2. The fraction of sp³-hybridized carbons (Fsp3) is 0.500. The predicted octanol–water partition coefficient (Wildman–Crippen LogP) is -0.0348. The van der Waals surface area contributed by atoms with E-state index in [9.17, 15) is 15.0 Å². The Labute approximate surface area is 117 Å². The van der Waals surface area contributed by atoms with Gasteiger partial charge in [-0.2, -0.15) is 0 Å². The Bertz CT molecular complexity index is 443. The van der Waals surface area contributed by atoms with Crippen LogP contribution in [-0.2, 0) is 4.79 Å². The lowest BCUT2D eigenvalue weighted by Crippen LogP contribution is -2.43. The molecule has 2 unspecified atom stereocenters. The van der Waals surface area contributed by atoms with E-state index in [0.29, 0.717) is 5.56 Å². The number of carboxylic acids is 1. The summed E-state index contributed by atoms with van der Waals surface area (Å²) in [6.45, 7) is 3.76. The molecule has 20 heavy (non-hydrogen) atoms. The van der Waals surface area contributed by atoms with E-state index in [1.807, 2.05) is 12.1 Å². The van der Waals surface area contributed by atoms with E-state index in [1.165, 1.54) is 0 Å². The molecule has 1 aromatic carbocycles. The Morgan fingerprint density at radius 1 is 1.20 bits per heavy atom. The first-order chi connectivity index (χ1) is 9.58. The molecular formula is C14H20N2O4. The predicted molar refractivity (Wildman–Crippen MR) is 74.7 cm³/mol. The van der Waals surface area contributed by atoms with Crippen LogP contribution in [0.5, 0.6) is 0 Å². The highest BCUT2D eigenvalue weighted by Crippen LogP contribution is 2.23. The number of aliphatic carboxylic acids is 1. The van der Waals surface area contributed by atoms with E-state index in [-0.39, 0.29) is 0 Å². The summed E-state index contributed by atoms with van der Waals surface area (Å²) in [5, 5.41) is 31.4. The lowest BCUT2D eigenvalue weighted by Gasteiger charge is -2.29. The molecule has 0 spiro atoms. The molecule has 1 heterocycles. The summed E-state index contributed by atoms with van der Waals surface area (Å²) in [5.74, 6) is -1.13. The number of hydrogen-bond donors (Lipinski definition) is 4. The molecule has 1 aromatic rings. The first kappa shape index (κ1) is 14.8. The number of carbonyl (C=O) groups is 1. The summed E-state index contributed by atoms with van der Waals surface area (Å²) in [6.07, 6.45) is -2.94. The largest absolute Gasteiger partial charge is 0.481 e. The van der Waals surface area contributed by atoms with Gasteiger partial charge < -0.3 is 25.5 Å². The Hall–Kier alpha value is -1.63. The smallest absolute Gasteiger partial charge is 0.306 e. The van der Waals surface area contributed by atoms with Gasteiger partial charge in [0.1, 0.15) is 6.10 Å². The van der Waals surface area contributed by atoms with Crippen molar-refractivity contribution in [3.8, 4) is 0 Å². The Morgan fingerprint density at radius 2 is 1.80 bits per heavy atom. The monoisotopic (exact) mass is 280 g/mol. The van der Waals surface area contributed by atoms with E-state index >= 15 is 0 Å². The highest BCUT2D eigenvalue weighted by molar-refractivity contribution is 5.67. The van der Waals surface area contributed by atoms with E-state index in [4.69, 9.17) is 5.11 Å². The summed E-state index contributed by atoms with van der Waals surface area (Å²) in [4.78, 5) is 12.8. The number of nitrogens with one attached hydrogen (secondary N) is 1. The van der Waals surface area contributed by atoms with Gasteiger partial charge in [-0.1, -0.05) is 12.1 Å². The van der Waals surface area contributed by atoms with Gasteiger partial charge in [-0.15, -0.1) is 0 Å². The molecule has 0 radical (unpaired) electrons. The molecule has 1 aliphatic heterocycles. The zero-order valence-corrected chi connectivity index (χ0v) is 11.2. The number of aliphatic hydroxyl groups is 2. The molecule has 0 amide bonds. The number of hydrogen-bond acceptors (Lipinski definition) is 5. The van der Waals surface area contributed by atoms with Crippen molar-refractivity contribution in [2.24, 2.45) is 0 Å². The summed E-state index contributed by atoms with van der Waals surface area (Å²) < 4.78 is 0. The lowest BCUT2D eigenvalue weighted by molar-refractivity contribution is -0.141. The van der Waals surface area contributed by atoms with Gasteiger partial charge in [-0.3, -0.25) is 4.79 Å². The normalized spacial score (nSPS) is 18.6. The Balaban J connectivity index is 2.01. The maximum absolute atomic E-state index is 10.5. The van der Waals surface area contributed by atoms with E-state index in [0.717, 1.165) is 31.9 Å². The van der Waals surface area contributed by atoms with Gasteiger partial charge in [0.2, 0.25) is 0 Å². The lowest BCUT2D eigenvalue weighted by atomic mass is 10.0. The third-order valence-electron chi connectivity index (χ3n) is 3.46. The van der Waals surface area contributed by atoms with Gasteiger partial charge in [0.25, 0.3) is 0 Å². The van der Waals surface area contributed by atoms with Crippen molar-refractivity contribution >= 4 is 11.7 Å². The molecule has 0 aromatic heterocycles. The fourth-order valence-electron chi connectivity index (χ4n) is 2.32. The standard InChI is InChI=1S/C14H20N2O4/c17-12(9-13(18)19)14(20)10-1-3-11(4-2-10)16-7-5-15-6-8-16/h1-4,12,14-15,17,20H,5-9H2,(H,18,19). The van der Waals surface area contributed by atoms with E-state index in [2.05, 4.69) is 10.2 Å².